The van der Waals surface area contributed by atoms with E-state index < -0.39 is 12.0 Å². The van der Waals surface area contributed by atoms with Crippen LogP contribution >= 0.6 is 0 Å². The number of carboxylic acid groups (broad SMARTS) is 1. The Bertz CT molecular complexity index is 1060. The maximum Gasteiger partial charge on any atom is 0.320 e. The number of nitrogens with zero attached hydrogens (tertiary/aromatic N) is 2. The standard InChI is InChI=1S/C24H28N4O4/c1-15(2)32-17-10-11-18(21(29)13-17)22-19(16-7-4-3-5-8-16)14-27-24(28-22)26-12-6-9-20(25)23(30)31/h3-5,7-8,10-11,13-15,20,29H,6,9,12,25H2,1-2H3,(H,30,31)(H,26,27,28). The number of aromatic hydroxyl groups is 1. The first-order valence-corrected chi connectivity index (χ1v) is 10.5. The van der Waals surface area contributed by atoms with E-state index >= 15 is 0 Å². The van der Waals surface area contributed by atoms with Gasteiger partial charge in [-0.05, 0) is 44.4 Å². The number of phenols is 1. The molecule has 0 amide bonds. The number of aliphatic carboxylic acids is 1. The number of aromatic nitrogens is 2. The van der Waals surface area contributed by atoms with Crippen LogP contribution in [-0.4, -0.2) is 44.8 Å². The van der Waals surface area contributed by atoms with E-state index in [2.05, 4.69) is 15.3 Å². The molecule has 1 unspecified atom stereocenters. The predicted octanol–water partition coefficient (Wildman–Crippen LogP) is 3.91. The summed E-state index contributed by atoms with van der Waals surface area (Å²) in [5, 5.41) is 22.7. The number of nitrogens with one attached hydrogen (secondary N) is 1. The van der Waals surface area contributed by atoms with Crippen LogP contribution in [0, 0.1) is 0 Å². The Hall–Kier alpha value is -3.65. The van der Waals surface area contributed by atoms with Gasteiger partial charge in [-0.25, -0.2) is 9.97 Å². The van der Waals surface area contributed by atoms with Gasteiger partial charge in [0.05, 0.1) is 11.8 Å². The van der Waals surface area contributed by atoms with Gasteiger partial charge < -0.3 is 26.0 Å². The summed E-state index contributed by atoms with van der Waals surface area (Å²) in [7, 11) is 0. The molecule has 1 atom stereocenters. The van der Waals surface area contributed by atoms with Gasteiger partial charge in [-0.2, -0.15) is 0 Å². The number of hydrogen-bond acceptors (Lipinski definition) is 7. The van der Waals surface area contributed by atoms with Gasteiger partial charge in [0.15, 0.2) is 0 Å². The van der Waals surface area contributed by atoms with Crippen LogP contribution in [0.4, 0.5) is 5.95 Å². The van der Waals surface area contributed by atoms with E-state index in [1.165, 1.54) is 0 Å². The van der Waals surface area contributed by atoms with Crippen molar-refractivity contribution >= 4 is 11.9 Å². The van der Waals surface area contributed by atoms with E-state index in [1.54, 1.807) is 24.4 Å². The maximum absolute atomic E-state index is 10.8. The molecular formula is C24H28N4O4. The Morgan fingerprint density at radius 3 is 2.56 bits per heavy atom. The van der Waals surface area contributed by atoms with E-state index in [9.17, 15) is 9.90 Å². The Balaban J connectivity index is 1.89. The molecule has 0 bridgehead atoms. The number of rotatable bonds is 10. The summed E-state index contributed by atoms with van der Waals surface area (Å²) in [6.07, 6.45) is 2.60. The average molecular weight is 437 g/mol. The number of phenolic OH excluding ortho intramolecular Hbond substituents is 1. The summed E-state index contributed by atoms with van der Waals surface area (Å²) in [5.41, 5.74) is 8.36. The van der Waals surface area contributed by atoms with E-state index in [0.717, 1.165) is 11.1 Å². The predicted molar refractivity (Wildman–Crippen MR) is 124 cm³/mol. The number of carbonyl (C=O) groups is 1. The molecule has 0 fully saturated rings. The molecule has 0 aliphatic rings. The minimum absolute atomic E-state index is 0.00997. The first-order valence-electron chi connectivity index (χ1n) is 10.5. The van der Waals surface area contributed by atoms with Crippen LogP contribution in [0.3, 0.4) is 0 Å². The number of ether oxygens (including phenoxy) is 1. The lowest BCUT2D eigenvalue weighted by atomic mass is 10.00. The van der Waals surface area contributed by atoms with E-state index in [1.807, 2.05) is 44.2 Å². The van der Waals surface area contributed by atoms with Crippen LogP contribution in [0.15, 0.2) is 54.7 Å². The van der Waals surface area contributed by atoms with Crippen LogP contribution in [0.25, 0.3) is 22.4 Å². The van der Waals surface area contributed by atoms with Crippen LogP contribution < -0.4 is 15.8 Å². The topological polar surface area (TPSA) is 131 Å². The molecular weight excluding hydrogens is 408 g/mol. The van der Waals surface area contributed by atoms with Gasteiger partial charge in [-0.1, -0.05) is 30.3 Å². The zero-order valence-electron chi connectivity index (χ0n) is 18.2. The normalized spacial score (nSPS) is 11.9. The first-order chi connectivity index (χ1) is 15.3. The minimum Gasteiger partial charge on any atom is -0.507 e. The fourth-order valence-corrected chi connectivity index (χ4v) is 3.20. The van der Waals surface area contributed by atoms with Crippen molar-refractivity contribution in [3.05, 3.63) is 54.7 Å². The molecule has 5 N–H and O–H groups in total. The molecule has 0 saturated carbocycles. The molecule has 2 aromatic carbocycles. The Morgan fingerprint density at radius 1 is 1.16 bits per heavy atom. The Labute approximate surface area is 187 Å². The van der Waals surface area contributed by atoms with Crippen molar-refractivity contribution in [1.29, 1.82) is 0 Å². The van der Waals surface area contributed by atoms with Gasteiger partial charge in [0.25, 0.3) is 0 Å². The molecule has 8 nitrogen and oxygen atoms in total. The monoisotopic (exact) mass is 436 g/mol. The molecule has 1 aromatic heterocycles. The SMILES string of the molecule is CC(C)Oc1ccc(-c2nc(NCCCC(N)C(=O)O)ncc2-c2ccccc2)c(O)c1. The highest BCUT2D eigenvalue weighted by Crippen LogP contribution is 2.37. The highest BCUT2D eigenvalue weighted by molar-refractivity contribution is 5.83. The number of anilines is 1. The molecule has 0 aliphatic carbocycles. The van der Waals surface area contributed by atoms with Gasteiger partial charge >= 0.3 is 5.97 Å². The molecule has 32 heavy (non-hydrogen) atoms. The molecule has 0 spiro atoms. The van der Waals surface area contributed by atoms with Crippen LogP contribution in [0.1, 0.15) is 26.7 Å². The van der Waals surface area contributed by atoms with E-state index in [0.29, 0.717) is 42.3 Å². The molecule has 8 heteroatoms. The Morgan fingerprint density at radius 2 is 1.91 bits per heavy atom. The third-order valence-electron chi connectivity index (χ3n) is 4.76. The van der Waals surface area contributed by atoms with Crippen molar-refractivity contribution in [2.45, 2.75) is 38.8 Å². The van der Waals surface area contributed by atoms with Crippen molar-refractivity contribution in [3.63, 3.8) is 0 Å². The average Bonchev–Trinajstić information content (AvgIpc) is 2.76. The Kier molecular flexibility index (Phi) is 7.62. The zero-order chi connectivity index (χ0) is 23.1. The third kappa shape index (κ3) is 5.95. The molecule has 3 aromatic rings. The first kappa shape index (κ1) is 23.0. The summed E-state index contributed by atoms with van der Waals surface area (Å²) in [5.74, 6) is -0.0105. The highest BCUT2D eigenvalue weighted by atomic mass is 16.5. The van der Waals surface area contributed by atoms with Crippen LogP contribution in [0.2, 0.25) is 0 Å². The summed E-state index contributed by atoms with van der Waals surface area (Å²) < 4.78 is 5.67. The summed E-state index contributed by atoms with van der Waals surface area (Å²) in [6.45, 7) is 4.31. The van der Waals surface area contributed by atoms with E-state index in [-0.39, 0.29) is 11.9 Å². The van der Waals surface area contributed by atoms with Gasteiger partial charge in [0.2, 0.25) is 5.95 Å². The smallest absolute Gasteiger partial charge is 0.320 e. The lowest BCUT2D eigenvalue weighted by Gasteiger charge is -2.15. The summed E-state index contributed by atoms with van der Waals surface area (Å²) in [6, 6.07) is 13.9. The summed E-state index contributed by atoms with van der Waals surface area (Å²) >= 11 is 0. The number of hydrogen-bond donors (Lipinski definition) is 4. The quantitative estimate of drug-likeness (QED) is 0.352. The van der Waals surface area contributed by atoms with Crippen molar-refractivity contribution in [2.75, 3.05) is 11.9 Å². The van der Waals surface area contributed by atoms with Crippen molar-refractivity contribution < 1.29 is 19.7 Å². The molecule has 168 valence electrons. The molecule has 1 heterocycles. The molecule has 3 rings (SSSR count). The van der Waals surface area contributed by atoms with Crippen LogP contribution in [0.5, 0.6) is 11.5 Å². The second-order valence-electron chi connectivity index (χ2n) is 7.68. The molecule has 0 aliphatic heterocycles. The second-order valence-corrected chi connectivity index (χ2v) is 7.68. The highest BCUT2D eigenvalue weighted by Gasteiger charge is 2.16. The lowest BCUT2D eigenvalue weighted by Crippen LogP contribution is -2.30. The van der Waals surface area contributed by atoms with Crippen molar-refractivity contribution in [1.82, 2.24) is 9.97 Å². The largest absolute Gasteiger partial charge is 0.507 e. The van der Waals surface area contributed by atoms with Gasteiger partial charge in [-0.15, -0.1) is 0 Å². The number of nitrogens with two attached hydrogens (primary N) is 1. The number of benzene rings is 2. The van der Waals surface area contributed by atoms with Gasteiger partial charge in [0.1, 0.15) is 17.5 Å². The third-order valence-corrected chi connectivity index (χ3v) is 4.76. The minimum atomic E-state index is -1.02. The van der Waals surface area contributed by atoms with Crippen molar-refractivity contribution in [3.8, 4) is 33.9 Å². The second kappa shape index (κ2) is 10.6. The fraction of sp³-hybridized carbons (Fsp3) is 0.292. The van der Waals surface area contributed by atoms with Crippen molar-refractivity contribution in [2.24, 2.45) is 5.73 Å². The summed E-state index contributed by atoms with van der Waals surface area (Å²) in [4.78, 5) is 19.9. The zero-order valence-corrected chi connectivity index (χ0v) is 18.2. The fourth-order valence-electron chi connectivity index (χ4n) is 3.20. The van der Waals surface area contributed by atoms with E-state index in [4.69, 9.17) is 15.6 Å². The number of carboxylic acids is 1. The molecule has 0 radical (unpaired) electrons. The lowest BCUT2D eigenvalue weighted by molar-refractivity contribution is -0.138. The maximum atomic E-state index is 10.8. The van der Waals surface area contributed by atoms with Gasteiger partial charge in [-0.3, -0.25) is 4.79 Å². The van der Waals surface area contributed by atoms with Gasteiger partial charge in [0, 0.05) is 29.9 Å². The van der Waals surface area contributed by atoms with Crippen LogP contribution in [-0.2, 0) is 4.79 Å². The molecule has 0 saturated heterocycles.